The molecule has 0 aromatic rings. The van der Waals surface area contributed by atoms with E-state index in [1.165, 1.54) is 6.42 Å². The summed E-state index contributed by atoms with van der Waals surface area (Å²) in [5.41, 5.74) is 0.896. The number of rotatable bonds is 0. The number of carbonyl (C=O) groups is 1. The van der Waals surface area contributed by atoms with E-state index >= 15 is 0 Å². The molecule has 2 aliphatic rings. The molecule has 1 heterocycles. The third kappa shape index (κ3) is 1.09. The minimum Gasteiger partial charge on any atom is -0.458 e. The van der Waals surface area contributed by atoms with Crippen LogP contribution >= 0.6 is 22.6 Å². The predicted molar refractivity (Wildman–Crippen MR) is 49.3 cm³/mol. The fourth-order valence-electron chi connectivity index (χ4n) is 1.91. The van der Waals surface area contributed by atoms with E-state index in [1.54, 1.807) is 0 Å². The monoisotopic (exact) mass is 264 g/mol. The molecule has 0 radical (unpaired) electrons. The van der Waals surface area contributed by atoms with Crippen LogP contribution in [0.3, 0.4) is 0 Å². The molecule has 0 spiro atoms. The number of hydrogen-bond donors (Lipinski definition) is 0. The second-order valence-electron chi connectivity index (χ2n) is 3.05. The van der Waals surface area contributed by atoms with Gasteiger partial charge in [-0.15, -0.1) is 0 Å². The zero-order valence-electron chi connectivity index (χ0n) is 6.05. The van der Waals surface area contributed by atoms with Gasteiger partial charge in [0.15, 0.2) is 0 Å². The predicted octanol–water partition coefficient (Wildman–Crippen LogP) is 2.03. The van der Waals surface area contributed by atoms with Crippen LogP contribution in [0.2, 0.25) is 0 Å². The number of carbonyl (C=O) groups excluding carboxylic acids is 1. The van der Waals surface area contributed by atoms with Crippen molar-refractivity contribution in [2.45, 2.75) is 25.4 Å². The van der Waals surface area contributed by atoms with Crippen LogP contribution in [-0.4, -0.2) is 12.1 Å². The van der Waals surface area contributed by atoms with Crippen molar-refractivity contribution < 1.29 is 9.53 Å². The fraction of sp³-hybridized carbons (Fsp3) is 0.625. The number of halogens is 1. The van der Waals surface area contributed by atoms with Crippen molar-refractivity contribution in [1.82, 2.24) is 0 Å². The van der Waals surface area contributed by atoms with Crippen LogP contribution in [0.5, 0.6) is 0 Å². The van der Waals surface area contributed by atoms with Crippen molar-refractivity contribution in [2.24, 2.45) is 5.92 Å². The van der Waals surface area contributed by atoms with E-state index in [2.05, 4.69) is 22.6 Å². The lowest BCUT2D eigenvalue weighted by atomic mass is 10.0. The van der Waals surface area contributed by atoms with E-state index in [1.807, 2.05) is 4.08 Å². The topological polar surface area (TPSA) is 26.3 Å². The molecule has 0 bridgehead atoms. The van der Waals surface area contributed by atoms with E-state index < -0.39 is 0 Å². The minimum absolute atomic E-state index is 0.0888. The quantitative estimate of drug-likeness (QED) is 0.380. The van der Waals surface area contributed by atoms with Gasteiger partial charge in [-0.2, -0.15) is 0 Å². The molecule has 2 fully saturated rings. The molecule has 0 N–H and O–H groups in total. The first-order chi connectivity index (χ1) is 5.33. The minimum atomic E-state index is -0.0888. The van der Waals surface area contributed by atoms with E-state index in [4.69, 9.17) is 4.74 Å². The van der Waals surface area contributed by atoms with Gasteiger partial charge in [0.1, 0.15) is 6.10 Å². The average molecular weight is 264 g/mol. The summed E-state index contributed by atoms with van der Waals surface area (Å²) < 4.78 is 7.05. The van der Waals surface area contributed by atoms with Crippen LogP contribution < -0.4 is 0 Å². The Labute approximate surface area is 79.1 Å². The molecule has 1 saturated carbocycles. The molecule has 0 amide bonds. The molecule has 0 aromatic heterocycles. The van der Waals surface area contributed by atoms with Crippen LogP contribution in [-0.2, 0) is 9.53 Å². The maximum Gasteiger partial charge on any atom is 0.335 e. The highest BCUT2D eigenvalue weighted by Crippen LogP contribution is 2.40. The highest BCUT2D eigenvalue weighted by Gasteiger charge is 2.42. The van der Waals surface area contributed by atoms with Crippen LogP contribution in [0.4, 0.5) is 0 Å². The summed E-state index contributed by atoms with van der Waals surface area (Å²) in [7, 11) is 0. The van der Waals surface area contributed by atoms with Gasteiger partial charge in [-0.3, -0.25) is 0 Å². The third-order valence-corrected chi connectivity index (χ3v) is 3.13. The molecule has 3 heteroatoms. The first-order valence-electron chi connectivity index (χ1n) is 3.84. The van der Waals surface area contributed by atoms with Gasteiger partial charge in [0.05, 0.1) is 0 Å². The summed E-state index contributed by atoms with van der Waals surface area (Å²) in [5, 5.41) is 0. The summed E-state index contributed by atoms with van der Waals surface area (Å²) in [6.45, 7) is 0. The molecule has 2 rings (SSSR count). The Balaban J connectivity index is 2.27. The molecule has 1 saturated heterocycles. The van der Waals surface area contributed by atoms with Gasteiger partial charge >= 0.3 is 5.97 Å². The second-order valence-corrected chi connectivity index (χ2v) is 3.67. The van der Waals surface area contributed by atoms with E-state index in [9.17, 15) is 4.79 Å². The summed E-state index contributed by atoms with van der Waals surface area (Å²) in [6.07, 6.45) is 3.61. The largest absolute Gasteiger partial charge is 0.458 e. The Morgan fingerprint density at radius 2 is 2.36 bits per heavy atom. The van der Waals surface area contributed by atoms with Crippen molar-refractivity contribution in [3.05, 3.63) is 9.66 Å². The van der Waals surface area contributed by atoms with Crippen LogP contribution in [0.15, 0.2) is 9.66 Å². The van der Waals surface area contributed by atoms with E-state index in [-0.39, 0.29) is 12.1 Å². The maximum absolute atomic E-state index is 11.1. The van der Waals surface area contributed by atoms with Gasteiger partial charge in [0.25, 0.3) is 0 Å². The average Bonchev–Trinajstić information content (AvgIpc) is 2.46. The lowest BCUT2D eigenvalue weighted by Crippen LogP contribution is -2.07. The number of esters is 1. The van der Waals surface area contributed by atoms with Crippen molar-refractivity contribution >= 4 is 28.6 Å². The standard InChI is InChI=1S/C8H9IO2/c9-4-6-5-2-1-3-7(5)11-8(6)10/h4-5,7H,1-3H2/b6-4+/t5-,7-/m0/s1. The van der Waals surface area contributed by atoms with E-state index in [0.29, 0.717) is 5.92 Å². The smallest absolute Gasteiger partial charge is 0.335 e. The lowest BCUT2D eigenvalue weighted by Gasteiger charge is -2.03. The first kappa shape index (κ1) is 7.58. The SMILES string of the molecule is O=C1O[C@H]2CCC[C@H]2/C1=C\I. The maximum atomic E-state index is 11.1. The molecule has 2 nitrogen and oxygen atoms in total. The zero-order valence-corrected chi connectivity index (χ0v) is 8.21. The normalized spacial score (nSPS) is 39.4. The molecule has 11 heavy (non-hydrogen) atoms. The van der Waals surface area contributed by atoms with Crippen LogP contribution in [0.25, 0.3) is 0 Å². The third-order valence-electron chi connectivity index (χ3n) is 2.46. The van der Waals surface area contributed by atoms with Gasteiger partial charge < -0.3 is 4.74 Å². The second kappa shape index (κ2) is 2.77. The van der Waals surface area contributed by atoms with Crippen LogP contribution in [0, 0.1) is 5.92 Å². The fourth-order valence-corrected chi connectivity index (χ4v) is 2.62. The van der Waals surface area contributed by atoms with Gasteiger partial charge in [-0.25, -0.2) is 4.79 Å². The Kier molecular flexibility index (Phi) is 1.91. The molecular weight excluding hydrogens is 255 g/mol. The molecular formula is C8H9IO2. The highest BCUT2D eigenvalue weighted by molar-refractivity contribution is 14.1. The summed E-state index contributed by atoms with van der Waals surface area (Å²) in [6, 6.07) is 0. The molecule has 1 aliphatic heterocycles. The summed E-state index contributed by atoms with van der Waals surface area (Å²) in [4.78, 5) is 11.1. The van der Waals surface area contributed by atoms with Crippen molar-refractivity contribution in [3.8, 4) is 0 Å². The number of ether oxygens (including phenoxy) is 1. The molecule has 0 aromatic carbocycles. The molecule has 0 unspecified atom stereocenters. The number of hydrogen-bond acceptors (Lipinski definition) is 2. The summed E-state index contributed by atoms with van der Waals surface area (Å²) >= 11 is 2.12. The Morgan fingerprint density at radius 1 is 1.55 bits per heavy atom. The number of fused-ring (bicyclic) bond motifs is 1. The molecule has 2 atom stereocenters. The van der Waals surface area contributed by atoms with Crippen molar-refractivity contribution in [3.63, 3.8) is 0 Å². The highest BCUT2D eigenvalue weighted by atomic mass is 127. The summed E-state index contributed by atoms with van der Waals surface area (Å²) in [5.74, 6) is 0.327. The van der Waals surface area contributed by atoms with Gasteiger partial charge in [0, 0.05) is 11.5 Å². The lowest BCUT2D eigenvalue weighted by molar-refractivity contribution is -0.138. The molecule has 60 valence electrons. The first-order valence-corrected chi connectivity index (χ1v) is 5.08. The van der Waals surface area contributed by atoms with Crippen LogP contribution in [0.1, 0.15) is 19.3 Å². The van der Waals surface area contributed by atoms with Gasteiger partial charge in [-0.1, -0.05) is 22.6 Å². The van der Waals surface area contributed by atoms with Gasteiger partial charge in [0.2, 0.25) is 0 Å². The molecule has 1 aliphatic carbocycles. The zero-order chi connectivity index (χ0) is 7.84. The Morgan fingerprint density at radius 3 is 3.09 bits per heavy atom. The van der Waals surface area contributed by atoms with Crippen molar-refractivity contribution in [1.29, 1.82) is 0 Å². The Hall–Kier alpha value is -0.0600. The van der Waals surface area contributed by atoms with Crippen molar-refractivity contribution in [2.75, 3.05) is 0 Å². The Bertz CT molecular complexity index is 222. The van der Waals surface area contributed by atoms with Gasteiger partial charge in [-0.05, 0) is 23.3 Å². The van der Waals surface area contributed by atoms with E-state index in [0.717, 1.165) is 18.4 Å².